The van der Waals surface area contributed by atoms with E-state index < -0.39 is 0 Å². The molecule has 1 N–H and O–H groups in total. The highest BCUT2D eigenvalue weighted by Crippen LogP contribution is 2.29. The molecule has 2 nitrogen and oxygen atoms in total. The van der Waals surface area contributed by atoms with Crippen LogP contribution in [0.2, 0.25) is 0 Å². The van der Waals surface area contributed by atoms with E-state index in [1.165, 1.54) is 0 Å². The molecule has 0 heterocycles. The third-order valence-electron chi connectivity index (χ3n) is 3.34. The lowest BCUT2D eigenvalue weighted by Gasteiger charge is -2.39. The number of amides is 1. The molecule has 0 aliphatic heterocycles. The largest absolute Gasteiger partial charge is 0.347 e. The molecule has 88 valence electrons. The molecule has 0 spiro atoms. The maximum atomic E-state index is 12.0. The third kappa shape index (κ3) is 2.84. The molecule has 0 saturated carbocycles. The lowest BCUT2D eigenvalue weighted by atomic mass is 9.76. The van der Waals surface area contributed by atoms with Gasteiger partial charge in [0.05, 0.1) is 0 Å². The van der Waals surface area contributed by atoms with Gasteiger partial charge in [0.15, 0.2) is 0 Å². The van der Waals surface area contributed by atoms with Gasteiger partial charge >= 0.3 is 0 Å². The van der Waals surface area contributed by atoms with Gasteiger partial charge in [0.1, 0.15) is 0 Å². The Morgan fingerprint density at radius 1 is 1.00 bits per heavy atom. The third-order valence-corrected chi connectivity index (χ3v) is 3.34. The maximum absolute atomic E-state index is 12.0. The molecule has 0 aromatic heterocycles. The Bertz CT molecular complexity index is 360. The van der Waals surface area contributed by atoms with E-state index in [1.807, 2.05) is 44.2 Å². The van der Waals surface area contributed by atoms with Crippen molar-refractivity contribution in [3.8, 4) is 0 Å². The minimum absolute atomic E-state index is 0.0134. The maximum Gasteiger partial charge on any atom is 0.251 e. The lowest BCUT2D eigenvalue weighted by molar-refractivity contribution is 0.0829. The first-order valence-corrected chi connectivity index (χ1v) is 5.61. The smallest absolute Gasteiger partial charge is 0.251 e. The van der Waals surface area contributed by atoms with Crippen LogP contribution in [0.5, 0.6) is 0 Å². The normalized spacial score (nSPS) is 12.3. The van der Waals surface area contributed by atoms with E-state index in [0.29, 0.717) is 5.56 Å². The van der Waals surface area contributed by atoms with Crippen molar-refractivity contribution in [2.45, 2.75) is 40.2 Å². The molecule has 1 rings (SSSR count). The van der Waals surface area contributed by atoms with E-state index in [1.54, 1.807) is 0 Å². The van der Waals surface area contributed by atoms with Crippen molar-refractivity contribution in [3.63, 3.8) is 0 Å². The average Bonchev–Trinajstić information content (AvgIpc) is 2.16. The Labute approximate surface area is 98.1 Å². The van der Waals surface area contributed by atoms with Gasteiger partial charge in [-0.3, -0.25) is 4.79 Å². The molecule has 0 fully saturated rings. The van der Waals surface area contributed by atoms with Crippen LogP contribution < -0.4 is 5.32 Å². The molecular weight excluding hydrogens is 198 g/mol. The number of carbonyl (C=O) groups is 1. The van der Waals surface area contributed by atoms with Gasteiger partial charge in [0.2, 0.25) is 0 Å². The molecule has 16 heavy (non-hydrogen) atoms. The molecule has 0 bridgehead atoms. The van der Waals surface area contributed by atoms with Gasteiger partial charge in [-0.1, -0.05) is 39.0 Å². The number of hydrogen-bond donors (Lipinski definition) is 1. The fourth-order valence-corrected chi connectivity index (χ4v) is 1.13. The fourth-order valence-electron chi connectivity index (χ4n) is 1.13. The minimum Gasteiger partial charge on any atom is -0.347 e. The zero-order chi connectivity index (χ0) is 12.4. The van der Waals surface area contributed by atoms with E-state index >= 15 is 0 Å². The summed E-state index contributed by atoms with van der Waals surface area (Å²) in [6, 6.07) is 9.31. The summed E-state index contributed by atoms with van der Waals surface area (Å²) in [7, 11) is 0. The van der Waals surface area contributed by atoms with E-state index in [-0.39, 0.29) is 16.9 Å². The molecule has 1 amide bonds. The highest BCUT2D eigenvalue weighted by atomic mass is 16.1. The second-order valence-corrected chi connectivity index (χ2v) is 5.70. The first-order chi connectivity index (χ1) is 7.24. The predicted molar refractivity (Wildman–Crippen MR) is 67.4 cm³/mol. The summed E-state index contributed by atoms with van der Waals surface area (Å²) in [5, 5.41) is 3.07. The van der Waals surface area contributed by atoms with Gasteiger partial charge in [-0.05, 0) is 31.4 Å². The van der Waals surface area contributed by atoms with E-state index in [2.05, 4.69) is 26.1 Å². The van der Waals surface area contributed by atoms with Crippen molar-refractivity contribution in [1.29, 1.82) is 0 Å². The van der Waals surface area contributed by atoms with E-state index in [0.717, 1.165) is 0 Å². The van der Waals surface area contributed by atoms with E-state index in [9.17, 15) is 4.79 Å². The molecule has 0 unspecified atom stereocenters. The summed E-state index contributed by atoms with van der Waals surface area (Å²) >= 11 is 0. The SMILES string of the molecule is CC(C)(C)C(C)(C)NC(=O)c1ccccc1. The Morgan fingerprint density at radius 2 is 1.50 bits per heavy atom. The average molecular weight is 219 g/mol. The Morgan fingerprint density at radius 3 is 1.94 bits per heavy atom. The van der Waals surface area contributed by atoms with Gasteiger partial charge in [-0.2, -0.15) is 0 Å². The molecule has 2 heteroatoms. The molecule has 1 aromatic rings. The summed E-state index contributed by atoms with van der Waals surface area (Å²) in [6.07, 6.45) is 0. The number of carbonyl (C=O) groups excluding carboxylic acids is 1. The van der Waals surface area contributed by atoms with Crippen LogP contribution in [-0.4, -0.2) is 11.4 Å². The second kappa shape index (κ2) is 4.28. The lowest BCUT2D eigenvalue weighted by Crippen LogP contribution is -2.52. The van der Waals surface area contributed by atoms with Crippen LogP contribution in [0.3, 0.4) is 0 Å². The van der Waals surface area contributed by atoms with Crippen LogP contribution >= 0.6 is 0 Å². The monoisotopic (exact) mass is 219 g/mol. The fraction of sp³-hybridized carbons (Fsp3) is 0.500. The standard InChI is InChI=1S/C14H21NO/c1-13(2,3)14(4,5)15-12(16)11-9-7-6-8-10-11/h6-10H,1-5H3,(H,15,16). The molecule has 0 radical (unpaired) electrons. The summed E-state index contributed by atoms with van der Waals surface area (Å²) in [5.74, 6) is -0.0134. The summed E-state index contributed by atoms with van der Waals surface area (Å²) < 4.78 is 0. The zero-order valence-electron chi connectivity index (χ0n) is 10.8. The van der Waals surface area contributed by atoms with Crippen LogP contribution in [0, 0.1) is 5.41 Å². The van der Waals surface area contributed by atoms with Crippen molar-refractivity contribution >= 4 is 5.91 Å². The second-order valence-electron chi connectivity index (χ2n) is 5.70. The van der Waals surface area contributed by atoms with Crippen LogP contribution in [-0.2, 0) is 0 Å². The van der Waals surface area contributed by atoms with Crippen molar-refractivity contribution in [3.05, 3.63) is 35.9 Å². The van der Waals surface area contributed by atoms with E-state index in [4.69, 9.17) is 0 Å². The topological polar surface area (TPSA) is 29.1 Å². The summed E-state index contributed by atoms with van der Waals surface area (Å²) in [5.41, 5.74) is 0.497. The van der Waals surface area contributed by atoms with Gasteiger partial charge in [-0.25, -0.2) is 0 Å². The zero-order valence-corrected chi connectivity index (χ0v) is 10.8. The Balaban J connectivity index is 2.80. The number of benzene rings is 1. The van der Waals surface area contributed by atoms with Crippen LogP contribution in [0.4, 0.5) is 0 Å². The van der Waals surface area contributed by atoms with Gasteiger partial charge in [0.25, 0.3) is 5.91 Å². The van der Waals surface area contributed by atoms with Crippen LogP contribution in [0.15, 0.2) is 30.3 Å². The van der Waals surface area contributed by atoms with Crippen LogP contribution in [0.25, 0.3) is 0 Å². The molecule has 0 aliphatic rings. The van der Waals surface area contributed by atoms with Gasteiger partial charge in [-0.15, -0.1) is 0 Å². The molecule has 1 aromatic carbocycles. The van der Waals surface area contributed by atoms with Gasteiger partial charge in [0, 0.05) is 11.1 Å². The van der Waals surface area contributed by atoms with Crippen molar-refractivity contribution in [2.75, 3.05) is 0 Å². The summed E-state index contributed by atoms with van der Waals surface area (Å²) in [4.78, 5) is 12.0. The highest BCUT2D eigenvalue weighted by Gasteiger charge is 2.34. The Hall–Kier alpha value is -1.31. The molecule has 0 aliphatic carbocycles. The molecule has 0 atom stereocenters. The van der Waals surface area contributed by atoms with Gasteiger partial charge < -0.3 is 5.32 Å². The Kier molecular flexibility index (Phi) is 3.41. The number of rotatable bonds is 2. The first kappa shape index (κ1) is 12.8. The molecular formula is C14H21NO. The first-order valence-electron chi connectivity index (χ1n) is 5.61. The minimum atomic E-state index is -0.236. The van der Waals surface area contributed by atoms with Crippen LogP contribution in [0.1, 0.15) is 45.0 Å². The number of nitrogens with one attached hydrogen (secondary N) is 1. The van der Waals surface area contributed by atoms with Crippen molar-refractivity contribution < 1.29 is 4.79 Å². The predicted octanol–water partition coefficient (Wildman–Crippen LogP) is 3.24. The highest BCUT2D eigenvalue weighted by molar-refractivity contribution is 5.94. The van der Waals surface area contributed by atoms with Crippen molar-refractivity contribution in [1.82, 2.24) is 5.32 Å². The summed E-state index contributed by atoms with van der Waals surface area (Å²) in [6.45, 7) is 10.5. The quantitative estimate of drug-likeness (QED) is 0.813. The number of hydrogen-bond acceptors (Lipinski definition) is 1. The van der Waals surface area contributed by atoms with Crippen molar-refractivity contribution in [2.24, 2.45) is 5.41 Å². The molecule has 0 saturated heterocycles.